The Kier molecular flexibility index (Phi) is 6.55. The van der Waals surface area contributed by atoms with Gasteiger partial charge in [-0.15, -0.1) is 0 Å². The quantitative estimate of drug-likeness (QED) is 0.487. The van der Waals surface area contributed by atoms with Gasteiger partial charge in [0.05, 0.1) is 12.1 Å². The highest BCUT2D eigenvalue weighted by molar-refractivity contribution is 5.35. The normalized spacial score (nSPS) is 43.3. The predicted molar refractivity (Wildman–Crippen MR) is 109 cm³/mol. The van der Waals surface area contributed by atoms with Gasteiger partial charge < -0.3 is 0 Å². The molecule has 8 atom stereocenters. The lowest BCUT2D eigenvalue weighted by Crippen LogP contribution is -2.57. The molecule has 8 unspecified atom stereocenters. The molecule has 27 heavy (non-hydrogen) atoms. The zero-order valence-electron chi connectivity index (χ0n) is 18.5. The minimum atomic E-state index is -0.0606. The fourth-order valence-corrected chi connectivity index (χ4v) is 6.27. The van der Waals surface area contributed by atoms with Crippen LogP contribution in [0.15, 0.2) is 9.98 Å². The van der Waals surface area contributed by atoms with E-state index in [1.807, 2.05) is 6.08 Å². The molecule has 0 heterocycles. The molecule has 152 valence electrons. The van der Waals surface area contributed by atoms with Crippen molar-refractivity contribution in [3.8, 4) is 0 Å². The van der Waals surface area contributed by atoms with Gasteiger partial charge in [0, 0.05) is 0 Å². The summed E-state index contributed by atoms with van der Waals surface area (Å²) in [6.45, 7) is 18.4. The highest BCUT2D eigenvalue weighted by Gasteiger charge is 2.57. The first-order chi connectivity index (χ1) is 12.5. The van der Waals surface area contributed by atoms with Crippen LogP contribution in [0.1, 0.15) is 74.7 Å². The SMILES string of the molecule is CC1C(CC2C(C)C(C)C(N=C=O)C(C)(C)C2(C)C)CCC(N=C=O)C1C. The average molecular weight is 375 g/mol. The summed E-state index contributed by atoms with van der Waals surface area (Å²) in [4.78, 5) is 30.1. The summed E-state index contributed by atoms with van der Waals surface area (Å²) in [5.74, 6) is 3.06. The first-order valence-electron chi connectivity index (χ1n) is 10.6. The van der Waals surface area contributed by atoms with Gasteiger partial charge in [-0.1, -0.05) is 55.4 Å². The Bertz CT molecular complexity index is 628. The second kappa shape index (κ2) is 8.02. The van der Waals surface area contributed by atoms with Gasteiger partial charge in [-0.3, -0.25) is 0 Å². The number of nitrogens with zero attached hydrogens (tertiary/aromatic N) is 2. The van der Waals surface area contributed by atoms with Crippen LogP contribution in [0.25, 0.3) is 0 Å². The number of isocyanates is 2. The number of hydrogen-bond acceptors (Lipinski definition) is 4. The molecular weight excluding hydrogens is 336 g/mol. The van der Waals surface area contributed by atoms with E-state index in [0.717, 1.165) is 12.8 Å². The van der Waals surface area contributed by atoms with Crippen molar-refractivity contribution in [1.82, 2.24) is 0 Å². The zero-order valence-corrected chi connectivity index (χ0v) is 18.5. The highest BCUT2D eigenvalue weighted by atomic mass is 16.1. The highest BCUT2D eigenvalue weighted by Crippen LogP contribution is 2.60. The third-order valence-electron chi connectivity index (χ3n) is 9.27. The molecular formula is C23H38N2O2. The van der Waals surface area contributed by atoms with E-state index in [4.69, 9.17) is 0 Å². The van der Waals surface area contributed by atoms with Gasteiger partial charge >= 0.3 is 0 Å². The maximum atomic E-state index is 11.1. The maximum Gasteiger partial charge on any atom is 0.235 e. The number of rotatable bonds is 4. The fraction of sp³-hybridized carbons (Fsp3) is 0.913. The Labute approximate surface area is 165 Å². The van der Waals surface area contributed by atoms with Crippen LogP contribution in [0.2, 0.25) is 0 Å². The maximum absolute atomic E-state index is 11.1. The summed E-state index contributed by atoms with van der Waals surface area (Å²) in [7, 11) is 0. The molecule has 4 nitrogen and oxygen atoms in total. The zero-order chi connectivity index (χ0) is 20.6. The molecule has 4 heteroatoms. The summed E-state index contributed by atoms with van der Waals surface area (Å²) < 4.78 is 0. The molecule has 0 aromatic rings. The summed E-state index contributed by atoms with van der Waals surface area (Å²) in [6.07, 6.45) is 6.93. The van der Waals surface area contributed by atoms with Crippen molar-refractivity contribution in [2.75, 3.05) is 0 Å². The van der Waals surface area contributed by atoms with Crippen LogP contribution in [0, 0.1) is 46.3 Å². The van der Waals surface area contributed by atoms with Gasteiger partial charge in [-0.2, -0.15) is 0 Å². The molecule has 0 radical (unpaired) electrons. The molecule has 0 aliphatic heterocycles. The van der Waals surface area contributed by atoms with E-state index in [0.29, 0.717) is 35.5 Å². The van der Waals surface area contributed by atoms with Crippen LogP contribution >= 0.6 is 0 Å². The first-order valence-corrected chi connectivity index (χ1v) is 10.6. The molecule has 0 saturated heterocycles. The van der Waals surface area contributed by atoms with Crippen molar-refractivity contribution in [2.45, 2.75) is 86.7 Å². The summed E-state index contributed by atoms with van der Waals surface area (Å²) in [6, 6.07) is 0.150. The third kappa shape index (κ3) is 3.71. The van der Waals surface area contributed by atoms with E-state index in [-0.39, 0.29) is 22.9 Å². The molecule has 0 spiro atoms. The van der Waals surface area contributed by atoms with E-state index in [2.05, 4.69) is 65.4 Å². The van der Waals surface area contributed by atoms with Gasteiger partial charge in [0.1, 0.15) is 0 Å². The van der Waals surface area contributed by atoms with E-state index in [1.54, 1.807) is 6.08 Å². The summed E-state index contributed by atoms with van der Waals surface area (Å²) in [5, 5.41) is 0. The van der Waals surface area contributed by atoms with Crippen molar-refractivity contribution in [1.29, 1.82) is 0 Å². The lowest BCUT2D eigenvalue weighted by Gasteiger charge is -2.60. The van der Waals surface area contributed by atoms with Crippen molar-refractivity contribution >= 4 is 12.2 Å². The minimum Gasteiger partial charge on any atom is -0.211 e. The largest absolute Gasteiger partial charge is 0.235 e. The third-order valence-corrected chi connectivity index (χ3v) is 9.27. The Morgan fingerprint density at radius 1 is 0.778 bits per heavy atom. The van der Waals surface area contributed by atoms with Crippen LogP contribution in [0.5, 0.6) is 0 Å². The summed E-state index contributed by atoms with van der Waals surface area (Å²) >= 11 is 0. The standard InChI is InChI=1S/C23H38N2O2/c1-14-16(3)20(24-12-26)10-9-18(14)11-19-15(2)17(4)21(25-13-27)23(7,8)22(19,5)6/h14-21H,9-11H2,1-8H3. The van der Waals surface area contributed by atoms with Crippen molar-refractivity contribution in [3.63, 3.8) is 0 Å². The number of carbonyl (C=O) groups excluding carboxylic acids is 2. The van der Waals surface area contributed by atoms with Crippen LogP contribution in [0.3, 0.4) is 0 Å². The van der Waals surface area contributed by atoms with Gasteiger partial charge in [0.15, 0.2) is 0 Å². The van der Waals surface area contributed by atoms with Crippen molar-refractivity contribution < 1.29 is 9.59 Å². The second-order valence-electron chi connectivity index (χ2n) is 10.5. The predicted octanol–water partition coefficient (Wildman–Crippen LogP) is 5.42. The minimum absolute atomic E-state index is 0.0188. The molecule has 0 bridgehead atoms. The average Bonchev–Trinajstić information content (AvgIpc) is 2.60. The molecule has 2 aliphatic carbocycles. The second-order valence-corrected chi connectivity index (χ2v) is 10.5. The number of aliphatic imine (C=N–C) groups is 2. The van der Waals surface area contributed by atoms with Gasteiger partial charge in [-0.05, 0) is 65.6 Å². The van der Waals surface area contributed by atoms with Crippen LogP contribution in [-0.2, 0) is 9.59 Å². The molecule has 0 amide bonds. The van der Waals surface area contributed by atoms with Crippen LogP contribution in [0.4, 0.5) is 0 Å². The van der Waals surface area contributed by atoms with Gasteiger partial charge in [-0.25, -0.2) is 19.6 Å². The van der Waals surface area contributed by atoms with Gasteiger partial charge in [0.25, 0.3) is 0 Å². The van der Waals surface area contributed by atoms with E-state index in [9.17, 15) is 9.59 Å². The Hall–Kier alpha value is -1.24. The van der Waals surface area contributed by atoms with Crippen molar-refractivity contribution in [2.24, 2.45) is 56.3 Å². The van der Waals surface area contributed by atoms with Crippen molar-refractivity contribution in [3.05, 3.63) is 0 Å². The van der Waals surface area contributed by atoms with E-state index in [1.165, 1.54) is 6.42 Å². The molecule has 2 rings (SSSR count). The van der Waals surface area contributed by atoms with E-state index >= 15 is 0 Å². The Morgan fingerprint density at radius 2 is 1.37 bits per heavy atom. The molecule has 0 aromatic heterocycles. The van der Waals surface area contributed by atoms with Crippen LogP contribution < -0.4 is 0 Å². The van der Waals surface area contributed by atoms with Crippen LogP contribution in [-0.4, -0.2) is 24.2 Å². The van der Waals surface area contributed by atoms with E-state index < -0.39 is 0 Å². The Morgan fingerprint density at radius 3 is 1.93 bits per heavy atom. The molecule has 0 aromatic carbocycles. The Balaban J connectivity index is 2.27. The summed E-state index contributed by atoms with van der Waals surface area (Å²) in [5.41, 5.74) is 0.0135. The molecule has 2 aliphatic rings. The smallest absolute Gasteiger partial charge is 0.211 e. The molecule has 0 N–H and O–H groups in total. The van der Waals surface area contributed by atoms with Gasteiger partial charge in [0.2, 0.25) is 12.2 Å². The monoisotopic (exact) mass is 374 g/mol. The topological polar surface area (TPSA) is 58.9 Å². The number of hydrogen-bond donors (Lipinski definition) is 0. The molecule has 2 saturated carbocycles. The lowest BCUT2D eigenvalue weighted by atomic mass is 9.46. The fourth-order valence-electron chi connectivity index (χ4n) is 6.27. The first kappa shape index (κ1) is 22.1. The lowest BCUT2D eigenvalue weighted by molar-refractivity contribution is -0.0988. The molecule has 2 fully saturated rings.